The SMILES string of the molecule is CCC1(CNC(=O)CCCl)CCC1. The minimum atomic E-state index is 0.0923. The van der Waals surface area contributed by atoms with E-state index in [1.807, 2.05) is 0 Å². The van der Waals surface area contributed by atoms with Crippen LogP contribution >= 0.6 is 11.6 Å². The molecular formula is C10H18ClNO. The van der Waals surface area contributed by atoms with Crippen molar-refractivity contribution in [2.24, 2.45) is 5.41 Å². The summed E-state index contributed by atoms with van der Waals surface area (Å²) in [5, 5.41) is 2.95. The van der Waals surface area contributed by atoms with Crippen LogP contribution in [-0.2, 0) is 4.79 Å². The zero-order valence-corrected chi connectivity index (χ0v) is 8.99. The molecule has 0 aromatic rings. The summed E-state index contributed by atoms with van der Waals surface area (Å²) in [5.74, 6) is 0.514. The second-order valence-corrected chi connectivity index (χ2v) is 4.30. The van der Waals surface area contributed by atoms with Crippen molar-refractivity contribution >= 4 is 17.5 Å². The molecule has 76 valence electrons. The normalized spacial score (nSPS) is 19.2. The summed E-state index contributed by atoms with van der Waals surface area (Å²) in [5.41, 5.74) is 0.419. The highest BCUT2D eigenvalue weighted by molar-refractivity contribution is 6.18. The molecule has 1 aliphatic carbocycles. The number of carbonyl (C=O) groups is 1. The maximum Gasteiger partial charge on any atom is 0.221 e. The minimum absolute atomic E-state index is 0.0923. The molecule has 1 N–H and O–H groups in total. The summed E-state index contributed by atoms with van der Waals surface area (Å²) in [7, 11) is 0. The maximum atomic E-state index is 11.2. The number of hydrogen-bond donors (Lipinski definition) is 1. The van der Waals surface area contributed by atoms with Crippen LogP contribution in [0.4, 0.5) is 0 Å². The van der Waals surface area contributed by atoms with E-state index in [1.54, 1.807) is 0 Å². The maximum absolute atomic E-state index is 11.2. The summed E-state index contributed by atoms with van der Waals surface area (Å²) < 4.78 is 0. The molecule has 0 heterocycles. The number of alkyl halides is 1. The first kappa shape index (κ1) is 10.8. The Kier molecular flexibility index (Phi) is 4.04. The molecule has 1 saturated carbocycles. The predicted octanol–water partition coefficient (Wildman–Crippen LogP) is 2.31. The van der Waals surface area contributed by atoms with Crippen LogP contribution in [0.25, 0.3) is 0 Å². The van der Waals surface area contributed by atoms with Crippen LogP contribution in [0.2, 0.25) is 0 Å². The lowest BCUT2D eigenvalue weighted by molar-refractivity contribution is -0.121. The molecule has 0 spiro atoms. The molecule has 0 atom stereocenters. The number of halogens is 1. The van der Waals surface area contributed by atoms with E-state index in [9.17, 15) is 4.79 Å². The number of carbonyl (C=O) groups excluding carboxylic acids is 1. The van der Waals surface area contributed by atoms with Crippen molar-refractivity contribution in [2.45, 2.75) is 39.0 Å². The summed E-state index contributed by atoms with van der Waals surface area (Å²) in [6, 6.07) is 0. The number of hydrogen-bond acceptors (Lipinski definition) is 1. The van der Waals surface area contributed by atoms with Gasteiger partial charge in [-0.25, -0.2) is 0 Å². The van der Waals surface area contributed by atoms with E-state index in [1.165, 1.54) is 25.7 Å². The summed E-state index contributed by atoms with van der Waals surface area (Å²) >= 11 is 5.47. The fraction of sp³-hybridized carbons (Fsp3) is 0.900. The third kappa shape index (κ3) is 2.87. The van der Waals surface area contributed by atoms with Crippen molar-refractivity contribution in [3.8, 4) is 0 Å². The van der Waals surface area contributed by atoms with E-state index in [4.69, 9.17) is 11.6 Å². The minimum Gasteiger partial charge on any atom is -0.356 e. The van der Waals surface area contributed by atoms with Crippen LogP contribution in [0.1, 0.15) is 39.0 Å². The molecule has 1 amide bonds. The molecule has 1 aliphatic rings. The summed E-state index contributed by atoms with van der Waals surface area (Å²) in [6.45, 7) is 3.05. The van der Waals surface area contributed by atoms with Gasteiger partial charge in [0.05, 0.1) is 0 Å². The molecular weight excluding hydrogens is 186 g/mol. The van der Waals surface area contributed by atoms with Gasteiger partial charge in [-0.15, -0.1) is 11.6 Å². The molecule has 0 radical (unpaired) electrons. The Balaban J connectivity index is 2.20. The van der Waals surface area contributed by atoms with Crippen molar-refractivity contribution in [3.63, 3.8) is 0 Å². The largest absolute Gasteiger partial charge is 0.356 e. The van der Waals surface area contributed by atoms with E-state index in [-0.39, 0.29) is 5.91 Å². The van der Waals surface area contributed by atoms with Gasteiger partial charge in [0.1, 0.15) is 0 Å². The Bertz CT molecular complexity index is 172. The van der Waals surface area contributed by atoms with E-state index >= 15 is 0 Å². The Morgan fingerprint density at radius 3 is 2.62 bits per heavy atom. The van der Waals surface area contributed by atoms with Gasteiger partial charge in [0.15, 0.2) is 0 Å². The van der Waals surface area contributed by atoms with Gasteiger partial charge < -0.3 is 5.32 Å². The summed E-state index contributed by atoms with van der Waals surface area (Å²) in [6.07, 6.45) is 5.48. The third-order valence-electron chi connectivity index (χ3n) is 3.15. The van der Waals surface area contributed by atoms with Crippen LogP contribution < -0.4 is 5.32 Å². The van der Waals surface area contributed by atoms with Crippen LogP contribution in [-0.4, -0.2) is 18.3 Å². The average molecular weight is 204 g/mol. The van der Waals surface area contributed by atoms with Crippen molar-refractivity contribution < 1.29 is 4.79 Å². The Morgan fingerprint density at radius 1 is 1.54 bits per heavy atom. The lowest BCUT2D eigenvalue weighted by Gasteiger charge is -2.41. The smallest absolute Gasteiger partial charge is 0.221 e. The fourth-order valence-corrected chi connectivity index (χ4v) is 1.96. The molecule has 0 aromatic carbocycles. The zero-order valence-electron chi connectivity index (χ0n) is 8.24. The van der Waals surface area contributed by atoms with Gasteiger partial charge in [-0.3, -0.25) is 4.79 Å². The molecule has 1 rings (SSSR count). The molecule has 13 heavy (non-hydrogen) atoms. The second kappa shape index (κ2) is 4.85. The molecule has 0 bridgehead atoms. The summed E-state index contributed by atoms with van der Waals surface area (Å²) in [4.78, 5) is 11.2. The molecule has 2 nitrogen and oxygen atoms in total. The quantitative estimate of drug-likeness (QED) is 0.683. The van der Waals surface area contributed by atoms with Crippen molar-refractivity contribution in [1.29, 1.82) is 0 Å². The second-order valence-electron chi connectivity index (χ2n) is 3.92. The Hall–Kier alpha value is -0.240. The van der Waals surface area contributed by atoms with Gasteiger partial charge in [-0.2, -0.15) is 0 Å². The van der Waals surface area contributed by atoms with Gasteiger partial charge in [-0.05, 0) is 24.7 Å². The first-order valence-electron chi connectivity index (χ1n) is 5.05. The number of rotatable bonds is 5. The van der Waals surface area contributed by atoms with Gasteiger partial charge in [0, 0.05) is 18.8 Å². The standard InChI is InChI=1S/C10H18ClNO/c1-2-10(5-3-6-10)8-12-9(13)4-7-11/h2-8H2,1H3,(H,12,13). The average Bonchev–Trinajstić information content (AvgIpc) is 2.04. The van der Waals surface area contributed by atoms with Crippen molar-refractivity contribution in [3.05, 3.63) is 0 Å². The van der Waals surface area contributed by atoms with E-state index in [2.05, 4.69) is 12.2 Å². The van der Waals surface area contributed by atoms with Crippen molar-refractivity contribution in [2.75, 3.05) is 12.4 Å². The number of amides is 1. The monoisotopic (exact) mass is 203 g/mol. The van der Waals surface area contributed by atoms with Gasteiger partial charge in [-0.1, -0.05) is 13.3 Å². The fourth-order valence-electron chi connectivity index (χ4n) is 1.79. The molecule has 0 aliphatic heterocycles. The van der Waals surface area contributed by atoms with E-state index in [0.29, 0.717) is 17.7 Å². The lowest BCUT2D eigenvalue weighted by Crippen LogP contribution is -2.41. The van der Waals surface area contributed by atoms with E-state index < -0.39 is 0 Å². The molecule has 0 aromatic heterocycles. The first-order valence-corrected chi connectivity index (χ1v) is 5.58. The highest BCUT2D eigenvalue weighted by Gasteiger charge is 2.34. The molecule has 3 heteroatoms. The highest BCUT2D eigenvalue weighted by atomic mass is 35.5. The van der Waals surface area contributed by atoms with Crippen LogP contribution in [0.5, 0.6) is 0 Å². The molecule has 1 fully saturated rings. The highest BCUT2D eigenvalue weighted by Crippen LogP contribution is 2.42. The van der Waals surface area contributed by atoms with E-state index in [0.717, 1.165) is 6.54 Å². The number of nitrogens with one attached hydrogen (secondary N) is 1. The molecule has 0 saturated heterocycles. The zero-order chi connectivity index (χ0) is 9.73. The first-order chi connectivity index (χ1) is 6.22. The third-order valence-corrected chi connectivity index (χ3v) is 3.34. The Labute approximate surface area is 85.0 Å². The van der Waals surface area contributed by atoms with Crippen LogP contribution in [0.3, 0.4) is 0 Å². The van der Waals surface area contributed by atoms with Crippen LogP contribution in [0.15, 0.2) is 0 Å². The van der Waals surface area contributed by atoms with Crippen LogP contribution in [0, 0.1) is 5.41 Å². The predicted molar refractivity (Wildman–Crippen MR) is 54.9 cm³/mol. The topological polar surface area (TPSA) is 29.1 Å². The lowest BCUT2D eigenvalue weighted by atomic mass is 9.67. The van der Waals surface area contributed by atoms with Crippen molar-refractivity contribution in [1.82, 2.24) is 5.32 Å². The molecule has 0 unspecified atom stereocenters. The van der Waals surface area contributed by atoms with Gasteiger partial charge >= 0.3 is 0 Å². The Morgan fingerprint density at radius 2 is 2.23 bits per heavy atom. The van der Waals surface area contributed by atoms with Gasteiger partial charge in [0.25, 0.3) is 0 Å². The van der Waals surface area contributed by atoms with Gasteiger partial charge in [0.2, 0.25) is 5.91 Å².